The molecule has 2 rings (SSSR count). The van der Waals surface area contributed by atoms with E-state index in [4.69, 9.17) is 0 Å². The van der Waals surface area contributed by atoms with Crippen LogP contribution in [0.1, 0.15) is 19.4 Å². The standard InChI is InChI=1S/C15H21BrN2O.ClH/c1-3-18(10-12-5-4-6-14(16)7-12)15(19)11(2)13-8-17-9-13;/h4-7,11,13,17H,3,8-10H2,1-2H3;1H. The molecule has 20 heavy (non-hydrogen) atoms. The van der Waals surface area contributed by atoms with Crippen LogP contribution in [0.15, 0.2) is 28.7 Å². The van der Waals surface area contributed by atoms with Crippen molar-refractivity contribution in [3.05, 3.63) is 34.3 Å². The molecule has 0 spiro atoms. The lowest BCUT2D eigenvalue weighted by Crippen LogP contribution is -2.50. The fraction of sp³-hybridized carbons (Fsp3) is 0.533. The molecule has 1 fully saturated rings. The molecule has 1 atom stereocenters. The van der Waals surface area contributed by atoms with E-state index in [9.17, 15) is 4.79 Å². The predicted octanol–water partition coefficient (Wildman–Crippen LogP) is 3.07. The van der Waals surface area contributed by atoms with Gasteiger partial charge in [0.2, 0.25) is 5.91 Å². The Morgan fingerprint density at radius 1 is 1.50 bits per heavy atom. The molecule has 0 aliphatic carbocycles. The van der Waals surface area contributed by atoms with Crippen LogP contribution in [0.25, 0.3) is 0 Å². The fourth-order valence-electron chi connectivity index (χ4n) is 2.36. The third-order valence-electron chi connectivity index (χ3n) is 3.87. The van der Waals surface area contributed by atoms with Gasteiger partial charge >= 0.3 is 0 Å². The fourth-order valence-corrected chi connectivity index (χ4v) is 2.80. The highest BCUT2D eigenvalue weighted by Gasteiger charge is 2.31. The molecule has 5 heteroatoms. The van der Waals surface area contributed by atoms with Gasteiger partial charge in [-0.15, -0.1) is 12.4 Å². The average molecular weight is 362 g/mol. The molecule has 1 aliphatic rings. The normalized spacial score (nSPS) is 15.9. The molecule has 1 aromatic rings. The summed E-state index contributed by atoms with van der Waals surface area (Å²) in [7, 11) is 0. The van der Waals surface area contributed by atoms with E-state index in [0.29, 0.717) is 12.5 Å². The number of hydrogen-bond acceptors (Lipinski definition) is 2. The molecule has 3 nitrogen and oxygen atoms in total. The van der Waals surface area contributed by atoms with Gasteiger partial charge in [-0.25, -0.2) is 0 Å². The maximum absolute atomic E-state index is 12.5. The summed E-state index contributed by atoms with van der Waals surface area (Å²) >= 11 is 3.47. The summed E-state index contributed by atoms with van der Waals surface area (Å²) in [6, 6.07) is 8.16. The van der Waals surface area contributed by atoms with E-state index in [0.717, 1.165) is 24.1 Å². The van der Waals surface area contributed by atoms with Crippen LogP contribution in [0.3, 0.4) is 0 Å². The van der Waals surface area contributed by atoms with E-state index >= 15 is 0 Å². The summed E-state index contributed by atoms with van der Waals surface area (Å²) in [5.41, 5.74) is 1.17. The molecule has 1 amide bonds. The number of nitrogens with zero attached hydrogens (tertiary/aromatic N) is 1. The highest BCUT2D eigenvalue weighted by Crippen LogP contribution is 2.20. The number of benzene rings is 1. The van der Waals surface area contributed by atoms with E-state index in [1.54, 1.807) is 0 Å². The molecule has 1 unspecified atom stereocenters. The second-order valence-electron chi connectivity index (χ2n) is 5.19. The molecule has 0 saturated carbocycles. The van der Waals surface area contributed by atoms with Crippen molar-refractivity contribution in [3.63, 3.8) is 0 Å². The summed E-state index contributed by atoms with van der Waals surface area (Å²) in [6.07, 6.45) is 0. The Morgan fingerprint density at radius 3 is 2.70 bits per heavy atom. The number of amides is 1. The van der Waals surface area contributed by atoms with E-state index in [1.807, 2.05) is 24.0 Å². The van der Waals surface area contributed by atoms with Gasteiger partial charge in [-0.05, 0) is 43.6 Å². The minimum atomic E-state index is 0. The van der Waals surface area contributed by atoms with E-state index in [-0.39, 0.29) is 24.2 Å². The number of hydrogen-bond donors (Lipinski definition) is 1. The molecule has 0 bridgehead atoms. The first-order valence-electron chi connectivity index (χ1n) is 6.85. The lowest BCUT2D eigenvalue weighted by Gasteiger charge is -2.34. The zero-order valence-corrected chi connectivity index (χ0v) is 14.3. The molecule has 1 N–H and O–H groups in total. The van der Waals surface area contributed by atoms with E-state index < -0.39 is 0 Å². The van der Waals surface area contributed by atoms with Gasteiger partial charge in [0.15, 0.2) is 0 Å². The zero-order valence-electron chi connectivity index (χ0n) is 11.9. The SMILES string of the molecule is CCN(Cc1cccc(Br)c1)C(=O)C(C)C1CNC1.Cl. The molecular weight excluding hydrogens is 340 g/mol. The lowest BCUT2D eigenvalue weighted by atomic mass is 9.88. The average Bonchev–Trinajstić information content (AvgIpc) is 2.33. The molecule has 1 saturated heterocycles. The van der Waals surface area contributed by atoms with Crippen molar-refractivity contribution in [2.45, 2.75) is 20.4 Å². The number of nitrogens with one attached hydrogen (secondary N) is 1. The van der Waals surface area contributed by atoms with Crippen molar-refractivity contribution in [3.8, 4) is 0 Å². The summed E-state index contributed by atoms with van der Waals surface area (Å²) in [5.74, 6) is 0.895. The minimum absolute atomic E-state index is 0. The Hall–Kier alpha value is -0.580. The smallest absolute Gasteiger partial charge is 0.226 e. The van der Waals surface area contributed by atoms with Gasteiger partial charge in [-0.1, -0.05) is 35.0 Å². The van der Waals surface area contributed by atoms with Crippen LogP contribution < -0.4 is 5.32 Å². The summed E-state index contributed by atoms with van der Waals surface area (Å²) < 4.78 is 1.06. The Bertz CT molecular complexity index is 451. The molecular formula is C15H22BrClN2O. The van der Waals surface area contributed by atoms with Gasteiger partial charge in [-0.3, -0.25) is 4.79 Å². The number of carbonyl (C=O) groups is 1. The van der Waals surface area contributed by atoms with Crippen molar-refractivity contribution >= 4 is 34.2 Å². The first-order chi connectivity index (χ1) is 9.11. The zero-order chi connectivity index (χ0) is 13.8. The molecule has 112 valence electrons. The molecule has 1 heterocycles. The minimum Gasteiger partial charge on any atom is -0.338 e. The predicted molar refractivity (Wildman–Crippen MR) is 88.0 cm³/mol. The van der Waals surface area contributed by atoms with Crippen molar-refractivity contribution in [2.24, 2.45) is 11.8 Å². The Labute approximate surface area is 135 Å². The highest BCUT2D eigenvalue weighted by molar-refractivity contribution is 9.10. The topological polar surface area (TPSA) is 32.3 Å². The largest absolute Gasteiger partial charge is 0.338 e. The molecule has 0 radical (unpaired) electrons. The Morgan fingerprint density at radius 2 is 2.20 bits per heavy atom. The third-order valence-corrected chi connectivity index (χ3v) is 4.36. The number of rotatable bonds is 5. The third kappa shape index (κ3) is 4.21. The van der Waals surface area contributed by atoms with E-state index in [1.165, 1.54) is 5.56 Å². The Kier molecular flexibility index (Phi) is 7.00. The second kappa shape index (κ2) is 8.01. The van der Waals surface area contributed by atoms with Gasteiger partial charge < -0.3 is 10.2 Å². The molecule has 1 aromatic carbocycles. The second-order valence-corrected chi connectivity index (χ2v) is 6.11. The van der Waals surface area contributed by atoms with Crippen LogP contribution in [0.5, 0.6) is 0 Å². The lowest BCUT2D eigenvalue weighted by molar-refractivity contribution is -0.137. The van der Waals surface area contributed by atoms with Gasteiger partial charge in [0.1, 0.15) is 0 Å². The van der Waals surface area contributed by atoms with Crippen molar-refractivity contribution in [1.82, 2.24) is 10.2 Å². The van der Waals surface area contributed by atoms with Crippen LogP contribution in [0.2, 0.25) is 0 Å². The van der Waals surface area contributed by atoms with Crippen molar-refractivity contribution in [1.29, 1.82) is 0 Å². The summed E-state index contributed by atoms with van der Waals surface area (Å²) in [5, 5.41) is 3.23. The maximum Gasteiger partial charge on any atom is 0.226 e. The maximum atomic E-state index is 12.5. The monoisotopic (exact) mass is 360 g/mol. The highest BCUT2D eigenvalue weighted by atomic mass is 79.9. The van der Waals surface area contributed by atoms with Crippen LogP contribution in [0, 0.1) is 11.8 Å². The first kappa shape index (κ1) is 17.5. The van der Waals surface area contributed by atoms with Crippen LogP contribution in [-0.4, -0.2) is 30.4 Å². The van der Waals surface area contributed by atoms with Crippen molar-refractivity contribution < 1.29 is 4.79 Å². The molecule has 0 aromatic heterocycles. The van der Waals surface area contributed by atoms with E-state index in [2.05, 4.69) is 40.3 Å². The van der Waals surface area contributed by atoms with Gasteiger partial charge in [0.25, 0.3) is 0 Å². The number of halogens is 2. The summed E-state index contributed by atoms with van der Waals surface area (Å²) in [6.45, 7) is 7.50. The van der Waals surface area contributed by atoms with Crippen molar-refractivity contribution in [2.75, 3.05) is 19.6 Å². The quantitative estimate of drug-likeness (QED) is 0.874. The van der Waals surface area contributed by atoms with Gasteiger partial charge in [-0.2, -0.15) is 0 Å². The van der Waals surface area contributed by atoms with Crippen LogP contribution >= 0.6 is 28.3 Å². The van der Waals surface area contributed by atoms with Crippen LogP contribution in [0.4, 0.5) is 0 Å². The molecule has 1 aliphatic heterocycles. The number of carbonyl (C=O) groups excluding carboxylic acids is 1. The van der Waals surface area contributed by atoms with Gasteiger partial charge in [0, 0.05) is 23.5 Å². The first-order valence-corrected chi connectivity index (χ1v) is 7.65. The summed E-state index contributed by atoms with van der Waals surface area (Å²) in [4.78, 5) is 14.4. The Balaban J connectivity index is 0.00000200. The van der Waals surface area contributed by atoms with Crippen LogP contribution in [-0.2, 0) is 11.3 Å². The van der Waals surface area contributed by atoms with Gasteiger partial charge in [0.05, 0.1) is 0 Å².